The SMILES string of the molecule is Cc1cc(NC2CNC2)nc(N2CCN(C(C)C)CC2)n1. The van der Waals surface area contributed by atoms with Crippen LogP contribution in [-0.4, -0.2) is 66.2 Å². The number of nitrogens with zero attached hydrogens (tertiary/aromatic N) is 4. The molecule has 1 aromatic heterocycles. The molecule has 116 valence electrons. The maximum absolute atomic E-state index is 4.71. The summed E-state index contributed by atoms with van der Waals surface area (Å²) in [4.78, 5) is 14.1. The molecule has 2 saturated heterocycles. The van der Waals surface area contributed by atoms with Gasteiger partial charge in [0.1, 0.15) is 5.82 Å². The van der Waals surface area contributed by atoms with E-state index in [1.807, 2.05) is 13.0 Å². The molecular formula is C15H26N6. The van der Waals surface area contributed by atoms with Gasteiger partial charge in [-0.05, 0) is 20.8 Å². The zero-order chi connectivity index (χ0) is 14.8. The van der Waals surface area contributed by atoms with Crippen LogP contribution in [0.5, 0.6) is 0 Å². The van der Waals surface area contributed by atoms with E-state index in [0.29, 0.717) is 12.1 Å². The maximum atomic E-state index is 4.71. The number of nitrogens with one attached hydrogen (secondary N) is 2. The number of hydrogen-bond donors (Lipinski definition) is 2. The lowest BCUT2D eigenvalue weighted by Gasteiger charge is -2.37. The minimum Gasteiger partial charge on any atom is -0.365 e. The fourth-order valence-electron chi connectivity index (χ4n) is 2.81. The zero-order valence-electron chi connectivity index (χ0n) is 13.3. The molecule has 3 heterocycles. The van der Waals surface area contributed by atoms with E-state index in [4.69, 9.17) is 4.98 Å². The van der Waals surface area contributed by atoms with E-state index in [2.05, 4.69) is 39.3 Å². The third-order valence-corrected chi connectivity index (χ3v) is 4.30. The molecular weight excluding hydrogens is 264 g/mol. The number of hydrogen-bond acceptors (Lipinski definition) is 6. The lowest BCUT2D eigenvalue weighted by atomic mass is 10.2. The van der Waals surface area contributed by atoms with Crippen molar-refractivity contribution in [3.8, 4) is 0 Å². The number of rotatable bonds is 4. The Kier molecular flexibility index (Phi) is 4.26. The Morgan fingerprint density at radius 3 is 2.48 bits per heavy atom. The molecule has 0 saturated carbocycles. The summed E-state index contributed by atoms with van der Waals surface area (Å²) in [6, 6.07) is 3.16. The van der Waals surface area contributed by atoms with Crippen molar-refractivity contribution in [3.63, 3.8) is 0 Å². The van der Waals surface area contributed by atoms with E-state index in [-0.39, 0.29) is 0 Å². The van der Waals surface area contributed by atoms with Crippen molar-refractivity contribution in [2.45, 2.75) is 32.9 Å². The third kappa shape index (κ3) is 3.44. The second-order valence-corrected chi connectivity index (χ2v) is 6.31. The first-order valence-electron chi connectivity index (χ1n) is 7.94. The monoisotopic (exact) mass is 290 g/mol. The average Bonchev–Trinajstić information content (AvgIpc) is 2.42. The van der Waals surface area contributed by atoms with Crippen molar-refractivity contribution in [2.24, 2.45) is 0 Å². The molecule has 0 spiro atoms. The van der Waals surface area contributed by atoms with Gasteiger partial charge in [-0.15, -0.1) is 0 Å². The van der Waals surface area contributed by atoms with Crippen LogP contribution >= 0.6 is 0 Å². The minimum atomic E-state index is 0.505. The Morgan fingerprint density at radius 1 is 1.19 bits per heavy atom. The van der Waals surface area contributed by atoms with Crippen molar-refractivity contribution >= 4 is 11.8 Å². The smallest absolute Gasteiger partial charge is 0.227 e. The highest BCUT2D eigenvalue weighted by Crippen LogP contribution is 2.17. The van der Waals surface area contributed by atoms with Crippen molar-refractivity contribution < 1.29 is 0 Å². The summed E-state index contributed by atoms with van der Waals surface area (Å²) in [7, 11) is 0. The van der Waals surface area contributed by atoms with Gasteiger partial charge in [-0.3, -0.25) is 4.90 Å². The summed E-state index contributed by atoms with van der Waals surface area (Å²) in [5.41, 5.74) is 1.03. The van der Waals surface area contributed by atoms with Crippen LogP contribution in [0.2, 0.25) is 0 Å². The van der Waals surface area contributed by atoms with Gasteiger partial charge in [0.05, 0.1) is 6.04 Å². The van der Waals surface area contributed by atoms with Crippen LogP contribution in [0.25, 0.3) is 0 Å². The Labute approximate surface area is 126 Å². The average molecular weight is 290 g/mol. The van der Waals surface area contributed by atoms with E-state index >= 15 is 0 Å². The van der Waals surface area contributed by atoms with Crippen molar-refractivity contribution in [2.75, 3.05) is 49.5 Å². The molecule has 0 amide bonds. The van der Waals surface area contributed by atoms with Gasteiger partial charge in [-0.1, -0.05) is 0 Å². The van der Waals surface area contributed by atoms with Crippen molar-refractivity contribution in [1.82, 2.24) is 20.2 Å². The predicted octanol–water partition coefficient (Wildman–Crippen LogP) is 0.699. The van der Waals surface area contributed by atoms with E-state index < -0.39 is 0 Å². The second kappa shape index (κ2) is 6.15. The molecule has 0 unspecified atom stereocenters. The lowest BCUT2D eigenvalue weighted by Crippen LogP contribution is -2.51. The van der Waals surface area contributed by atoms with Gasteiger partial charge >= 0.3 is 0 Å². The Morgan fingerprint density at radius 2 is 1.90 bits per heavy atom. The Bertz CT molecular complexity index is 477. The molecule has 2 aliphatic heterocycles. The van der Waals surface area contributed by atoms with Crippen LogP contribution in [0.15, 0.2) is 6.07 Å². The maximum Gasteiger partial charge on any atom is 0.227 e. The lowest BCUT2D eigenvalue weighted by molar-refractivity contribution is 0.208. The first-order chi connectivity index (χ1) is 10.1. The largest absolute Gasteiger partial charge is 0.365 e. The molecule has 2 aliphatic rings. The minimum absolute atomic E-state index is 0.505. The first kappa shape index (κ1) is 14.5. The van der Waals surface area contributed by atoms with Crippen molar-refractivity contribution in [3.05, 3.63) is 11.8 Å². The van der Waals surface area contributed by atoms with Crippen LogP contribution in [0, 0.1) is 6.92 Å². The molecule has 6 nitrogen and oxygen atoms in total. The van der Waals surface area contributed by atoms with Crippen LogP contribution in [-0.2, 0) is 0 Å². The third-order valence-electron chi connectivity index (χ3n) is 4.30. The standard InChI is InChI=1S/C15H26N6/c1-11(2)20-4-6-21(7-5-20)15-17-12(3)8-14(19-15)18-13-9-16-10-13/h8,11,13,16H,4-7,9-10H2,1-3H3,(H,17,18,19). The normalized spacial score (nSPS) is 20.7. The van der Waals surface area contributed by atoms with E-state index in [1.165, 1.54) is 0 Å². The summed E-state index contributed by atoms with van der Waals surface area (Å²) < 4.78 is 0. The topological polar surface area (TPSA) is 56.3 Å². The number of piperazine rings is 1. The summed E-state index contributed by atoms with van der Waals surface area (Å²) in [6.45, 7) is 12.8. The zero-order valence-corrected chi connectivity index (χ0v) is 13.3. The molecule has 21 heavy (non-hydrogen) atoms. The van der Waals surface area contributed by atoms with Gasteiger partial charge in [-0.2, -0.15) is 4.98 Å². The Balaban J connectivity index is 1.67. The van der Waals surface area contributed by atoms with Crippen LogP contribution < -0.4 is 15.5 Å². The molecule has 0 radical (unpaired) electrons. The second-order valence-electron chi connectivity index (χ2n) is 6.31. The van der Waals surface area contributed by atoms with Crippen LogP contribution in [0.3, 0.4) is 0 Å². The predicted molar refractivity (Wildman–Crippen MR) is 86.0 cm³/mol. The molecule has 3 rings (SSSR count). The molecule has 6 heteroatoms. The molecule has 0 aliphatic carbocycles. The molecule has 1 aromatic rings. The summed E-state index contributed by atoms with van der Waals surface area (Å²) in [5, 5.41) is 6.74. The van der Waals surface area contributed by atoms with Gasteiger partial charge in [0, 0.05) is 57.1 Å². The van der Waals surface area contributed by atoms with E-state index in [9.17, 15) is 0 Å². The number of aryl methyl sites for hydroxylation is 1. The van der Waals surface area contributed by atoms with Gasteiger partial charge in [-0.25, -0.2) is 4.98 Å². The van der Waals surface area contributed by atoms with Crippen molar-refractivity contribution in [1.29, 1.82) is 0 Å². The fourth-order valence-corrected chi connectivity index (χ4v) is 2.81. The molecule has 0 aromatic carbocycles. The first-order valence-corrected chi connectivity index (χ1v) is 7.94. The summed E-state index contributed by atoms with van der Waals surface area (Å²) >= 11 is 0. The summed E-state index contributed by atoms with van der Waals surface area (Å²) in [5.74, 6) is 1.82. The Hall–Kier alpha value is -1.40. The number of anilines is 2. The summed E-state index contributed by atoms with van der Waals surface area (Å²) in [6.07, 6.45) is 0. The highest BCUT2D eigenvalue weighted by atomic mass is 15.3. The quantitative estimate of drug-likeness (QED) is 0.851. The van der Waals surface area contributed by atoms with Crippen LogP contribution in [0.1, 0.15) is 19.5 Å². The van der Waals surface area contributed by atoms with E-state index in [1.54, 1.807) is 0 Å². The molecule has 0 bridgehead atoms. The highest BCUT2D eigenvalue weighted by molar-refractivity contribution is 5.45. The van der Waals surface area contributed by atoms with E-state index in [0.717, 1.165) is 56.7 Å². The van der Waals surface area contributed by atoms with Gasteiger partial charge in [0.15, 0.2) is 0 Å². The molecule has 2 fully saturated rings. The van der Waals surface area contributed by atoms with Gasteiger partial charge in [0.25, 0.3) is 0 Å². The highest BCUT2D eigenvalue weighted by Gasteiger charge is 2.22. The molecule has 2 N–H and O–H groups in total. The fraction of sp³-hybridized carbons (Fsp3) is 0.733. The number of aromatic nitrogens is 2. The van der Waals surface area contributed by atoms with Gasteiger partial charge < -0.3 is 15.5 Å². The molecule has 0 atom stereocenters. The van der Waals surface area contributed by atoms with Crippen LogP contribution in [0.4, 0.5) is 11.8 Å². The van der Waals surface area contributed by atoms with Gasteiger partial charge in [0.2, 0.25) is 5.95 Å².